The van der Waals surface area contributed by atoms with Crippen LogP contribution in [0.25, 0.3) is 0 Å². The van der Waals surface area contributed by atoms with E-state index in [1.165, 1.54) is 0 Å². The maximum absolute atomic E-state index is 4.97. The van der Waals surface area contributed by atoms with Crippen LogP contribution in [0.1, 0.15) is 26.6 Å². The van der Waals surface area contributed by atoms with E-state index < -0.39 is 0 Å². The van der Waals surface area contributed by atoms with E-state index >= 15 is 0 Å². The number of aromatic nitrogens is 2. The van der Waals surface area contributed by atoms with Crippen LogP contribution in [0.4, 0.5) is 0 Å². The molecule has 0 bridgehead atoms. The molecule has 0 aliphatic carbocycles. The van der Waals surface area contributed by atoms with Gasteiger partial charge in [-0.25, -0.2) is 9.97 Å². The molecule has 0 amide bonds. The number of nitrogens with zero attached hydrogens (tertiary/aromatic N) is 2. The topological polar surface area (TPSA) is 35.0 Å². The smallest absolute Gasteiger partial charge is 0.155 e. The average molecular weight is 180 g/mol. The van der Waals surface area contributed by atoms with E-state index in [4.69, 9.17) is 4.74 Å². The first kappa shape index (κ1) is 9.96. The van der Waals surface area contributed by atoms with Gasteiger partial charge in [0.1, 0.15) is 5.82 Å². The quantitative estimate of drug-likeness (QED) is 0.699. The highest BCUT2D eigenvalue weighted by Crippen LogP contribution is 2.18. The van der Waals surface area contributed by atoms with Crippen LogP contribution in [0.5, 0.6) is 5.75 Å². The second-order valence-electron chi connectivity index (χ2n) is 4.28. The zero-order valence-electron chi connectivity index (χ0n) is 8.66. The predicted octanol–water partition coefficient (Wildman–Crippen LogP) is 2.07. The van der Waals surface area contributed by atoms with Gasteiger partial charge in [0.25, 0.3) is 0 Å². The maximum Gasteiger partial charge on any atom is 0.155 e. The largest absolute Gasteiger partial charge is 0.494 e. The lowest BCUT2D eigenvalue weighted by Crippen LogP contribution is -2.11. The highest BCUT2D eigenvalue weighted by atomic mass is 16.5. The van der Waals surface area contributed by atoms with E-state index in [1.54, 1.807) is 19.5 Å². The lowest BCUT2D eigenvalue weighted by Gasteiger charge is -2.16. The summed E-state index contributed by atoms with van der Waals surface area (Å²) in [6.45, 7) is 6.50. The molecule has 0 fully saturated rings. The molecule has 0 atom stereocenters. The van der Waals surface area contributed by atoms with Crippen LogP contribution < -0.4 is 4.74 Å². The SMILES string of the molecule is COc1cnc(CC(C)(C)C)nc1. The maximum atomic E-state index is 4.97. The fourth-order valence-electron chi connectivity index (χ4n) is 1.01. The van der Waals surface area contributed by atoms with Crippen molar-refractivity contribution in [3.05, 3.63) is 18.2 Å². The Hall–Kier alpha value is -1.12. The molecule has 0 saturated heterocycles. The first-order chi connectivity index (χ1) is 6.01. The number of methoxy groups -OCH3 is 1. The summed E-state index contributed by atoms with van der Waals surface area (Å²) in [5.74, 6) is 1.57. The van der Waals surface area contributed by atoms with Gasteiger partial charge in [0, 0.05) is 6.42 Å². The minimum Gasteiger partial charge on any atom is -0.494 e. The standard InChI is InChI=1S/C10H16N2O/c1-10(2,3)5-9-11-6-8(13-4)7-12-9/h6-7H,5H2,1-4H3. The molecule has 0 radical (unpaired) electrons. The van der Waals surface area contributed by atoms with Crippen molar-refractivity contribution in [3.8, 4) is 5.75 Å². The Morgan fingerprint density at radius 2 is 1.77 bits per heavy atom. The van der Waals surface area contributed by atoms with Crippen molar-refractivity contribution in [2.24, 2.45) is 5.41 Å². The van der Waals surface area contributed by atoms with E-state index in [2.05, 4.69) is 30.7 Å². The normalized spacial score (nSPS) is 11.4. The van der Waals surface area contributed by atoms with Crippen LogP contribution in [0.2, 0.25) is 0 Å². The van der Waals surface area contributed by atoms with E-state index in [1.807, 2.05) is 0 Å². The van der Waals surface area contributed by atoms with Crippen LogP contribution in [0, 0.1) is 5.41 Å². The molecule has 1 aromatic heterocycles. The number of hydrogen-bond acceptors (Lipinski definition) is 3. The molecular formula is C10H16N2O. The molecule has 1 rings (SSSR count). The molecule has 0 aromatic carbocycles. The van der Waals surface area contributed by atoms with Gasteiger partial charge in [0.15, 0.2) is 5.75 Å². The van der Waals surface area contributed by atoms with Gasteiger partial charge < -0.3 is 4.74 Å². The molecule has 0 N–H and O–H groups in total. The number of ether oxygens (including phenoxy) is 1. The Morgan fingerprint density at radius 3 is 2.15 bits per heavy atom. The summed E-state index contributed by atoms with van der Waals surface area (Å²) in [4.78, 5) is 8.40. The molecule has 0 aliphatic heterocycles. The van der Waals surface area contributed by atoms with Crippen LogP contribution in [-0.2, 0) is 6.42 Å². The molecule has 3 nitrogen and oxygen atoms in total. The van der Waals surface area contributed by atoms with E-state index in [9.17, 15) is 0 Å². The van der Waals surface area contributed by atoms with Crippen molar-refractivity contribution in [2.75, 3.05) is 7.11 Å². The fourth-order valence-corrected chi connectivity index (χ4v) is 1.01. The van der Waals surface area contributed by atoms with Gasteiger partial charge in [0.05, 0.1) is 19.5 Å². The first-order valence-electron chi connectivity index (χ1n) is 4.36. The zero-order valence-corrected chi connectivity index (χ0v) is 8.66. The Morgan fingerprint density at radius 1 is 1.23 bits per heavy atom. The summed E-state index contributed by atoms with van der Waals surface area (Å²) in [7, 11) is 1.61. The molecule has 0 spiro atoms. The molecule has 0 unspecified atom stereocenters. The minimum atomic E-state index is 0.231. The number of hydrogen-bond donors (Lipinski definition) is 0. The molecule has 0 saturated carbocycles. The molecule has 13 heavy (non-hydrogen) atoms. The summed E-state index contributed by atoms with van der Waals surface area (Å²) in [5, 5.41) is 0. The van der Waals surface area contributed by atoms with Crippen LogP contribution >= 0.6 is 0 Å². The van der Waals surface area contributed by atoms with Crippen molar-refractivity contribution in [1.29, 1.82) is 0 Å². The summed E-state index contributed by atoms with van der Waals surface area (Å²) >= 11 is 0. The Bertz CT molecular complexity index is 261. The first-order valence-corrected chi connectivity index (χ1v) is 4.36. The van der Waals surface area contributed by atoms with Gasteiger partial charge in [-0.3, -0.25) is 0 Å². The highest BCUT2D eigenvalue weighted by Gasteiger charge is 2.12. The molecule has 3 heteroatoms. The van der Waals surface area contributed by atoms with E-state index in [0.29, 0.717) is 5.75 Å². The van der Waals surface area contributed by atoms with E-state index in [0.717, 1.165) is 12.2 Å². The van der Waals surface area contributed by atoms with Gasteiger partial charge >= 0.3 is 0 Å². The summed E-state index contributed by atoms with van der Waals surface area (Å²) in [5.41, 5.74) is 0.231. The second-order valence-corrected chi connectivity index (χ2v) is 4.28. The van der Waals surface area contributed by atoms with Crippen molar-refractivity contribution >= 4 is 0 Å². The molecule has 72 valence electrons. The fraction of sp³-hybridized carbons (Fsp3) is 0.600. The van der Waals surface area contributed by atoms with Gasteiger partial charge in [-0.05, 0) is 5.41 Å². The Labute approximate surface area is 79.2 Å². The van der Waals surface area contributed by atoms with Crippen LogP contribution in [0.3, 0.4) is 0 Å². The highest BCUT2D eigenvalue weighted by molar-refractivity contribution is 5.12. The zero-order chi connectivity index (χ0) is 9.90. The van der Waals surface area contributed by atoms with Gasteiger partial charge in [-0.1, -0.05) is 20.8 Å². The van der Waals surface area contributed by atoms with E-state index in [-0.39, 0.29) is 5.41 Å². The van der Waals surface area contributed by atoms with Crippen molar-refractivity contribution in [1.82, 2.24) is 9.97 Å². The third-order valence-corrected chi connectivity index (χ3v) is 1.61. The van der Waals surface area contributed by atoms with Crippen LogP contribution in [-0.4, -0.2) is 17.1 Å². The van der Waals surface area contributed by atoms with Gasteiger partial charge in [-0.15, -0.1) is 0 Å². The molecular weight excluding hydrogens is 164 g/mol. The third-order valence-electron chi connectivity index (χ3n) is 1.61. The van der Waals surface area contributed by atoms with Crippen molar-refractivity contribution in [3.63, 3.8) is 0 Å². The third kappa shape index (κ3) is 3.40. The molecule has 1 aromatic rings. The van der Waals surface area contributed by atoms with Crippen LogP contribution in [0.15, 0.2) is 12.4 Å². The molecule has 0 aliphatic rings. The average Bonchev–Trinajstić information content (AvgIpc) is 2.03. The minimum absolute atomic E-state index is 0.231. The van der Waals surface area contributed by atoms with Crippen molar-refractivity contribution in [2.45, 2.75) is 27.2 Å². The Balaban J connectivity index is 2.70. The predicted molar refractivity (Wildman–Crippen MR) is 51.7 cm³/mol. The lowest BCUT2D eigenvalue weighted by atomic mass is 9.92. The Kier molecular flexibility index (Phi) is 2.86. The summed E-state index contributed by atoms with van der Waals surface area (Å²) in [6.07, 6.45) is 4.29. The lowest BCUT2D eigenvalue weighted by molar-refractivity contribution is 0.392. The summed E-state index contributed by atoms with van der Waals surface area (Å²) in [6, 6.07) is 0. The monoisotopic (exact) mass is 180 g/mol. The summed E-state index contributed by atoms with van der Waals surface area (Å²) < 4.78 is 4.97. The van der Waals surface area contributed by atoms with Gasteiger partial charge in [0.2, 0.25) is 0 Å². The van der Waals surface area contributed by atoms with Gasteiger partial charge in [-0.2, -0.15) is 0 Å². The van der Waals surface area contributed by atoms with Crippen molar-refractivity contribution < 1.29 is 4.74 Å². The molecule has 1 heterocycles. The number of rotatable bonds is 2. The second kappa shape index (κ2) is 3.73.